The molecule has 0 amide bonds. The van der Waals surface area contributed by atoms with E-state index in [4.69, 9.17) is 15.2 Å². The van der Waals surface area contributed by atoms with Gasteiger partial charge in [-0.3, -0.25) is 4.99 Å². The highest BCUT2D eigenvalue weighted by Gasteiger charge is 2.27. The van der Waals surface area contributed by atoms with E-state index in [0.29, 0.717) is 17.9 Å². The van der Waals surface area contributed by atoms with Crippen molar-refractivity contribution in [3.05, 3.63) is 35.4 Å². The Morgan fingerprint density at radius 2 is 2.05 bits per heavy atom. The van der Waals surface area contributed by atoms with Crippen LogP contribution in [0.2, 0.25) is 0 Å². The van der Waals surface area contributed by atoms with Crippen molar-refractivity contribution >= 4 is 28.3 Å². The van der Waals surface area contributed by atoms with Gasteiger partial charge in [-0.25, -0.2) is 4.79 Å². The Kier molecular flexibility index (Phi) is 5.03. The second-order valence-electron chi connectivity index (χ2n) is 4.38. The van der Waals surface area contributed by atoms with Crippen LogP contribution in [0.5, 0.6) is 5.75 Å². The van der Waals surface area contributed by atoms with E-state index in [-0.39, 0.29) is 5.97 Å². The zero-order valence-electron chi connectivity index (χ0n) is 12.3. The number of carbonyl (C=O) groups is 1. The lowest BCUT2D eigenvalue weighted by Crippen LogP contribution is -2.24. The van der Waals surface area contributed by atoms with Gasteiger partial charge in [0.05, 0.1) is 25.0 Å². The molecule has 6 heteroatoms. The third-order valence-electron chi connectivity index (χ3n) is 2.98. The van der Waals surface area contributed by atoms with Crippen LogP contribution in [0, 0.1) is 0 Å². The van der Waals surface area contributed by atoms with E-state index in [0.717, 1.165) is 16.2 Å². The Balaban J connectivity index is 2.48. The first-order valence-corrected chi connectivity index (χ1v) is 7.47. The van der Waals surface area contributed by atoms with Crippen LogP contribution in [-0.2, 0) is 9.53 Å². The van der Waals surface area contributed by atoms with Gasteiger partial charge in [-0.1, -0.05) is 23.9 Å². The molecule has 21 heavy (non-hydrogen) atoms. The SMILES string of the molecule is CCOC(=O)C1=C(c2ccc(OC)cc2)SC(N)N=C1C. The molecule has 1 unspecified atom stereocenters. The van der Waals surface area contributed by atoms with E-state index < -0.39 is 5.50 Å². The highest BCUT2D eigenvalue weighted by Crippen LogP contribution is 2.38. The topological polar surface area (TPSA) is 73.9 Å². The van der Waals surface area contributed by atoms with E-state index in [1.54, 1.807) is 21.0 Å². The van der Waals surface area contributed by atoms with Crippen LogP contribution in [0.25, 0.3) is 4.91 Å². The summed E-state index contributed by atoms with van der Waals surface area (Å²) in [5.41, 5.74) is 7.47. The van der Waals surface area contributed by atoms with Crippen molar-refractivity contribution < 1.29 is 14.3 Å². The number of carbonyl (C=O) groups excluding carboxylic acids is 1. The first-order chi connectivity index (χ1) is 10.1. The minimum atomic E-state index is -0.416. The summed E-state index contributed by atoms with van der Waals surface area (Å²) in [6.07, 6.45) is 0. The normalized spacial score (nSPS) is 18.3. The summed E-state index contributed by atoms with van der Waals surface area (Å²) in [5.74, 6) is 0.386. The lowest BCUT2D eigenvalue weighted by molar-refractivity contribution is -0.137. The molecule has 0 bridgehead atoms. The fraction of sp³-hybridized carbons (Fsp3) is 0.333. The third-order valence-corrected chi connectivity index (χ3v) is 4.00. The van der Waals surface area contributed by atoms with E-state index >= 15 is 0 Å². The molecular weight excluding hydrogens is 288 g/mol. The van der Waals surface area contributed by atoms with Gasteiger partial charge in [0.25, 0.3) is 0 Å². The Labute approximate surface area is 128 Å². The van der Waals surface area contributed by atoms with E-state index in [2.05, 4.69) is 4.99 Å². The Hall–Kier alpha value is -1.79. The van der Waals surface area contributed by atoms with Gasteiger partial charge in [0.1, 0.15) is 11.2 Å². The smallest absolute Gasteiger partial charge is 0.341 e. The van der Waals surface area contributed by atoms with Crippen LogP contribution in [0.4, 0.5) is 0 Å². The van der Waals surface area contributed by atoms with Gasteiger partial charge >= 0.3 is 5.97 Å². The molecule has 0 spiro atoms. The number of nitrogens with zero attached hydrogens (tertiary/aromatic N) is 1. The van der Waals surface area contributed by atoms with E-state index in [1.165, 1.54) is 11.8 Å². The summed E-state index contributed by atoms with van der Waals surface area (Å²) >= 11 is 1.35. The molecule has 0 saturated carbocycles. The lowest BCUT2D eigenvalue weighted by atomic mass is 10.1. The van der Waals surface area contributed by atoms with Crippen LogP contribution in [0.15, 0.2) is 34.8 Å². The molecule has 1 heterocycles. The molecule has 0 aromatic heterocycles. The van der Waals surface area contributed by atoms with Crippen LogP contribution in [0.3, 0.4) is 0 Å². The average molecular weight is 306 g/mol. The zero-order chi connectivity index (χ0) is 15.4. The first-order valence-electron chi connectivity index (χ1n) is 6.59. The molecule has 0 radical (unpaired) electrons. The van der Waals surface area contributed by atoms with Crippen molar-refractivity contribution in [2.75, 3.05) is 13.7 Å². The van der Waals surface area contributed by atoms with Gasteiger partial charge in [0, 0.05) is 4.91 Å². The van der Waals surface area contributed by atoms with Crippen LogP contribution < -0.4 is 10.5 Å². The van der Waals surface area contributed by atoms with Crippen molar-refractivity contribution in [3.63, 3.8) is 0 Å². The highest BCUT2D eigenvalue weighted by atomic mass is 32.2. The summed E-state index contributed by atoms with van der Waals surface area (Å²) in [6, 6.07) is 7.48. The Morgan fingerprint density at radius 3 is 2.62 bits per heavy atom. The molecule has 1 aliphatic heterocycles. The molecule has 1 aromatic carbocycles. The molecule has 1 atom stereocenters. The number of thioether (sulfide) groups is 1. The lowest BCUT2D eigenvalue weighted by Gasteiger charge is -2.21. The Morgan fingerprint density at radius 1 is 1.38 bits per heavy atom. The van der Waals surface area contributed by atoms with Crippen molar-refractivity contribution in [3.8, 4) is 5.75 Å². The molecule has 2 N–H and O–H groups in total. The number of aliphatic imine (C=N–C) groups is 1. The van der Waals surface area contributed by atoms with Crippen molar-refractivity contribution in [2.45, 2.75) is 19.3 Å². The summed E-state index contributed by atoms with van der Waals surface area (Å²) in [6.45, 7) is 3.87. The summed E-state index contributed by atoms with van der Waals surface area (Å²) in [7, 11) is 1.61. The van der Waals surface area contributed by atoms with Crippen LogP contribution in [0.1, 0.15) is 19.4 Å². The van der Waals surface area contributed by atoms with Gasteiger partial charge in [-0.05, 0) is 31.5 Å². The molecule has 0 fully saturated rings. The first kappa shape index (κ1) is 15.6. The van der Waals surface area contributed by atoms with Crippen molar-refractivity contribution in [2.24, 2.45) is 10.7 Å². The average Bonchev–Trinajstić information content (AvgIpc) is 2.46. The van der Waals surface area contributed by atoms with Gasteiger partial charge in [-0.2, -0.15) is 0 Å². The highest BCUT2D eigenvalue weighted by molar-refractivity contribution is 8.09. The minimum absolute atomic E-state index is 0.322. The maximum atomic E-state index is 12.2. The zero-order valence-corrected chi connectivity index (χ0v) is 13.1. The summed E-state index contributed by atoms with van der Waals surface area (Å²) in [4.78, 5) is 17.2. The molecule has 0 aliphatic carbocycles. The van der Waals surface area contributed by atoms with Gasteiger partial charge in [-0.15, -0.1) is 0 Å². The third kappa shape index (κ3) is 3.46. The molecule has 1 aliphatic rings. The predicted molar refractivity (Wildman–Crippen MR) is 85.2 cm³/mol. The number of esters is 1. The number of benzene rings is 1. The van der Waals surface area contributed by atoms with Crippen molar-refractivity contribution in [1.82, 2.24) is 0 Å². The number of methoxy groups -OCH3 is 1. The van der Waals surface area contributed by atoms with Crippen LogP contribution in [-0.4, -0.2) is 30.9 Å². The Bertz CT molecular complexity index is 593. The number of ether oxygens (including phenoxy) is 2. The van der Waals surface area contributed by atoms with E-state index in [1.807, 2.05) is 24.3 Å². The quantitative estimate of drug-likeness (QED) is 0.865. The second kappa shape index (κ2) is 6.78. The fourth-order valence-electron chi connectivity index (χ4n) is 2.02. The number of rotatable bonds is 4. The second-order valence-corrected chi connectivity index (χ2v) is 5.50. The summed E-state index contributed by atoms with van der Waals surface area (Å²) in [5, 5.41) is 0. The largest absolute Gasteiger partial charge is 0.497 e. The number of nitrogens with two attached hydrogens (primary N) is 1. The van der Waals surface area contributed by atoms with Gasteiger partial charge in [0.15, 0.2) is 0 Å². The van der Waals surface area contributed by atoms with E-state index in [9.17, 15) is 4.79 Å². The van der Waals surface area contributed by atoms with Gasteiger partial charge < -0.3 is 15.2 Å². The van der Waals surface area contributed by atoms with Crippen molar-refractivity contribution in [1.29, 1.82) is 0 Å². The predicted octanol–water partition coefficient (Wildman–Crippen LogP) is 2.42. The molecule has 112 valence electrons. The summed E-state index contributed by atoms with van der Waals surface area (Å²) < 4.78 is 10.3. The molecule has 2 rings (SSSR count). The molecule has 5 nitrogen and oxygen atoms in total. The fourth-order valence-corrected chi connectivity index (χ4v) is 3.10. The standard InChI is InChI=1S/C15H18N2O3S/c1-4-20-14(18)12-9(2)17-15(16)21-13(12)10-5-7-11(19-3)8-6-10/h5-8,15H,4,16H2,1-3H3. The van der Waals surface area contributed by atoms with Gasteiger partial charge in [0.2, 0.25) is 0 Å². The molecule has 0 saturated heterocycles. The maximum absolute atomic E-state index is 12.2. The molecular formula is C15H18N2O3S. The monoisotopic (exact) mass is 306 g/mol. The number of hydrogen-bond acceptors (Lipinski definition) is 6. The van der Waals surface area contributed by atoms with Crippen LogP contribution >= 0.6 is 11.8 Å². The maximum Gasteiger partial charge on any atom is 0.341 e. The number of hydrogen-bond donors (Lipinski definition) is 1. The molecule has 1 aromatic rings. The minimum Gasteiger partial charge on any atom is -0.497 e.